The van der Waals surface area contributed by atoms with E-state index in [1.54, 1.807) is 0 Å². The zero-order valence-corrected chi connectivity index (χ0v) is 6.29. The van der Waals surface area contributed by atoms with Crippen molar-refractivity contribution in [2.45, 2.75) is 25.5 Å². The van der Waals surface area contributed by atoms with Gasteiger partial charge in [-0.05, 0) is 19.9 Å². The Kier molecular flexibility index (Phi) is 1.04. The third kappa shape index (κ3) is 0.797. The third-order valence-corrected chi connectivity index (χ3v) is 2.06. The molecule has 2 aliphatic heterocycles. The zero-order valence-electron chi connectivity index (χ0n) is 6.29. The van der Waals surface area contributed by atoms with Crippen LogP contribution in [0.1, 0.15) is 13.8 Å². The van der Waals surface area contributed by atoms with Crippen molar-refractivity contribution in [2.24, 2.45) is 4.99 Å². The molecule has 0 spiro atoms. The number of epoxide rings is 1. The maximum absolute atomic E-state index is 5.19. The molecular weight excluding hydrogens is 126 g/mol. The molecule has 1 fully saturated rings. The standard InChI is InChI=1S/C8H11NO/c1-6-3-4-8(2,9-6)7-5-10-7/h3-4,7H,5H2,1-2H3. The van der Waals surface area contributed by atoms with Crippen LogP contribution in [0.4, 0.5) is 0 Å². The molecule has 0 N–H and O–H groups in total. The van der Waals surface area contributed by atoms with Gasteiger partial charge in [-0.2, -0.15) is 0 Å². The van der Waals surface area contributed by atoms with Gasteiger partial charge in [0.1, 0.15) is 11.6 Å². The number of aliphatic imine (C=N–C) groups is 1. The Bertz CT molecular complexity index is 215. The number of hydrogen-bond donors (Lipinski definition) is 0. The summed E-state index contributed by atoms with van der Waals surface area (Å²) in [5, 5.41) is 0. The van der Waals surface area contributed by atoms with Crippen LogP contribution in [-0.4, -0.2) is 24.0 Å². The SMILES string of the molecule is CC1=NC(C)(C2CO2)C=C1. The Labute approximate surface area is 60.6 Å². The summed E-state index contributed by atoms with van der Waals surface area (Å²) in [6.07, 6.45) is 4.53. The lowest BCUT2D eigenvalue weighted by Crippen LogP contribution is -2.24. The predicted molar refractivity (Wildman–Crippen MR) is 40.4 cm³/mol. The summed E-state index contributed by atoms with van der Waals surface area (Å²) >= 11 is 0. The summed E-state index contributed by atoms with van der Waals surface area (Å²) < 4.78 is 5.19. The van der Waals surface area contributed by atoms with Gasteiger partial charge in [0.15, 0.2) is 0 Å². The van der Waals surface area contributed by atoms with Gasteiger partial charge in [-0.1, -0.05) is 6.08 Å². The van der Waals surface area contributed by atoms with Gasteiger partial charge >= 0.3 is 0 Å². The molecule has 0 radical (unpaired) electrons. The fourth-order valence-electron chi connectivity index (χ4n) is 1.31. The quantitative estimate of drug-likeness (QED) is 0.498. The maximum atomic E-state index is 5.19. The minimum atomic E-state index is -0.0376. The van der Waals surface area contributed by atoms with Crippen LogP contribution in [0.5, 0.6) is 0 Å². The molecule has 54 valence electrons. The Morgan fingerprint density at radius 3 is 2.90 bits per heavy atom. The number of rotatable bonds is 1. The average Bonchev–Trinajstić information content (AvgIpc) is 2.62. The first-order valence-corrected chi connectivity index (χ1v) is 3.58. The lowest BCUT2D eigenvalue weighted by Gasteiger charge is -2.13. The smallest absolute Gasteiger partial charge is 0.109 e. The summed E-state index contributed by atoms with van der Waals surface area (Å²) in [6, 6.07) is 0. The summed E-state index contributed by atoms with van der Waals surface area (Å²) in [6.45, 7) is 5.00. The van der Waals surface area contributed by atoms with Gasteiger partial charge < -0.3 is 4.74 Å². The molecule has 0 amide bonds. The van der Waals surface area contributed by atoms with E-state index in [9.17, 15) is 0 Å². The molecule has 0 saturated carbocycles. The second kappa shape index (κ2) is 1.70. The Balaban J connectivity index is 2.24. The van der Waals surface area contributed by atoms with Crippen LogP contribution in [0.25, 0.3) is 0 Å². The van der Waals surface area contributed by atoms with E-state index < -0.39 is 0 Å². The molecule has 0 aromatic rings. The monoisotopic (exact) mass is 137 g/mol. The molecular formula is C8H11NO. The van der Waals surface area contributed by atoms with E-state index in [1.807, 2.05) is 6.92 Å². The summed E-state index contributed by atoms with van der Waals surface area (Å²) in [5.41, 5.74) is 1.07. The van der Waals surface area contributed by atoms with Gasteiger partial charge in [0.25, 0.3) is 0 Å². The van der Waals surface area contributed by atoms with Gasteiger partial charge in [-0.25, -0.2) is 0 Å². The number of hydrogen-bond acceptors (Lipinski definition) is 2. The van der Waals surface area contributed by atoms with Crippen LogP contribution in [-0.2, 0) is 4.74 Å². The topological polar surface area (TPSA) is 24.9 Å². The third-order valence-electron chi connectivity index (χ3n) is 2.06. The van der Waals surface area contributed by atoms with E-state index in [1.165, 1.54) is 0 Å². The predicted octanol–water partition coefficient (Wildman–Crippen LogP) is 1.17. The highest BCUT2D eigenvalue weighted by Gasteiger charge is 2.42. The Morgan fingerprint density at radius 1 is 1.80 bits per heavy atom. The largest absolute Gasteiger partial charge is 0.370 e. The first-order valence-electron chi connectivity index (χ1n) is 3.58. The molecule has 0 aromatic heterocycles. The van der Waals surface area contributed by atoms with Crippen LogP contribution in [0.2, 0.25) is 0 Å². The van der Waals surface area contributed by atoms with Gasteiger partial charge in [0.05, 0.1) is 6.61 Å². The molecule has 2 atom stereocenters. The Hall–Kier alpha value is -0.630. The molecule has 2 aliphatic rings. The number of nitrogens with zero attached hydrogens (tertiary/aromatic N) is 1. The van der Waals surface area contributed by atoms with Crippen LogP contribution in [0.15, 0.2) is 17.1 Å². The number of allylic oxidation sites excluding steroid dienone is 1. The Morgan fingerprint density at radius 2 is 2.50 bits per heavy atom. The van der Waals surface area contributed by atoms with Gasteiger partial charge in [0.2, 0.25) is 0 Å². The molecule has 0 bridgehead atoms. The van der Waals surface area contributed by atoms with Crippen molar-refractivity contribution in [3.8, 4) is 0 Å². The van der Waals surface area contributed by atoms with Crippen molar-refractivity contribution in [1.29, 1.82) is 0 Å². The molecule has 2 nitrogen and oxygen atoms in total. The van der Waals surface area contributed by atoms with Crippen molar-refractivity contribution in [2.75, 3.05) is 6.61 Å². The van der Waals surface area contributed by atoms with Crippen molar-refractivity contribution >= 4 is 5.71 Å². The molecule has 2 heteroatoms. The van der Waals surface area contributed by atoms with Gasteiger partial charge in [-0.15, -0.1) is 0 Å². The lowest BCUT2D eigenvalue weighted by molar-refractivity contribution is 0.346. The molecule has 0 aromatic carbocycles. The summed E-state index contributed by atoms with van der Waals surface area (Å²) in [5.74, 6) is 0. The van der Waals surface area contributed by atoms with Crippen LogP contribution < -0.4 is 0 Å². The van der Waals surface area contributed by atoms with Gasteiger partial charge in [0, 0.05) is 5.71 Å². The highest BCUT2D eigenvalue weighted by Crippen LogP contribution is 2.32. The van der Waals surface area contributed by atoms with Crippen LogP contribution >= 0.6 is 0 Å². The lowest BCUT2D eigenvalue weighted by atomic mass is 10.0. The molecule has 1 saturated heterocycles. The van der Waals surface area contributed by atoms with E-state index in [4.69, 9.17) is 4.74 Å². The highest BCUT2D eigenvalue weighted by molar-refractivity contribution is 5.95. The van der Waals surface area contributed by atoms with Crippen molar-refractivity contribution in [3.05, 3.63) is 12.2 Å². The van der Waals surface area contributed by atoms with E-state index in [0.29, 0.717) is 6.10 Å². The molecule has 0 aliphatic carbocycles. The highest BCUT2D eigenvalue weighted by atomic mass is 16.6. The van der Waals surface area contributed by atoms with Crippen molar-refractivity contribution in [3.63, 3.8) is 0 Å². The van der Waals surface area contributed by atoms with E-state index in [2.05, 4.69) is 24.1 Å². The average molecular weight is 137 g/mol. The molecule has 10 heavy (non-hydrogen) atoms. The number of ether oxygens (including phenoxy) is 1. The first kappa shape index (κ1) is 6.10. The second-order valence-electron chi connectivity index (χ2n) is 3.13. The van der Waals surface area contributed by atoms with E-state index in [-0.39, 0.29) is 5.54 Å². The van der Waals surface area contributed by atoms with Crippen LogP contribution in [0.3, 0.4) is 0 Å². The summed E-state index contributed by atoms with van der Waals surface area (Å²) in [4.78, 5) is 4.46. The molecule has 2 heterocycles. The van der Waals surface area contributed by atoms with Crippen LogP contribution in [0, 0.1) is 0 Å². The van der Waals surface area contributed by atoms with Crippen molar-refractivity contribution < 1.29 is 4.74 Å². The molecule has 2 rings (SSSR count). The summed E-state index contributed by atoms with van der Waals surface area (Å²) in [7, 11) is 0. The fraction of sp³-hybridized carbons (Fsp3) is 0.625. The van der Waals surface area contributed by atoms with E-state index in [0.717, 1.165) is 12.3 Å². The normalized spacial score (nSPS) is 43.8. The zero-order chi connectivity index (χ0) is 7.19. The fourth-order valence-corrected chi connectivity index (χ4v) is 1.31. The minimum Gasteiger partial charge on any atom is -0.370 e. The van der Waals surface area contributed by atoms with Gasteiger partial charge in [-0.3, -0.25) is 4.99 Å². The van der Waals surface area contributed by atoms with Crippen molar-refractivity contribution in [1.82, 2.24) is 0 Å². The second-order valence-corrected chi connectivity index (χ2v) is 3.13. The van der Waals surface area contributed by atoms with E-state index >= 15 is 0 Å². The molecule has 2 unspecified atom stereocenters. The minimum absolute atomic E-state index is 0.0376. The first-order chi connectivity index (χ1) is 4.71. The maximum Gasteiger partial charge on any atom is 0.109 e.